The van der Waals surface area contributed by atoms with E-state index in [1.165, 1.54) is 11.8 Å². The smallest absolute Gasteiger partial charge is 0.107 e. The monoisotopic (exact) mass is 222 g/mol. The van der Waals surface area contributed by atoms with Crippen molar-refractivity contribution in [2.75, 3.05) is 13.4 Å². The van der Waals surface area contributed by atoms with Gasteiger partial charge in [-0.15, -0.1) is 11.8 Å². The molecule has 0 aromatic heterocycles. The van der Waals surface area contributed by atoms with Crippen LogP contribution in [0.15, 0.2) is 0 Å². The molecule has 1 aliphatic rings. The van der Waals surface area contributed by atoms with E-state index in [0.717, 1.165) is 0 Å². The van der Waals surface area contributed by atoms with Gasteiger partial charge in [0.1, 0.15) is 5.44 Å². The summed E-state index contributed by atoms with van der Waals surface area (Å²) in [4.78, 5) is 0. The van der Waals surface area contributed by atoms with E-state index >= 15 is 0 Å². The molecule has 0 bridgehead atoms. The number of methoxy groups -OCH3 is 1. The minimum absolute atomic E-state index is 0.106. The van der Waals surface area contributed by atoms with Crippen LogP contribution < -0.4 is 0 Å². The van der Waals surface area contributed by atoms with Gasteiger partial charge in [0.25, 0.3) is 0 Å². The maximum absolute atomic E-state index is 9.73. The Morgan fingerprint density at radius 1 is 1.29 bits per heavy atom. The minimum Gasteiger partial charge on any atom is -0.392 e. The second kappa shape index (κ2) is 5.32. The van der Waals surface area contributed by atoms with Gasteiger partial charge in [0, 0.05) is 25.9 Å². The number of thioether (sulfide) groups is 1. The van der Waals surface area contributed by atoms with Crippen LogP contribution in [-0.2, 0) is 4.74 Å². The summed E-state index contributed by atoms with van der Waals surface area (Å²) >= 11 is 1.24. The molecule has 1 saturated carbocycles. The molecule has 3 N–H and O–H groups in total. The van der Waals surface area contributed by atoms with Gasteiger partial charge in [-0.1, -0.05) is 0 Å². The first-order chi connectivity index (χ1) is 6.60. The number of ether oxygens (including phenoxy) is 1. The first-order valence-corrected chi connectivity index (χ1v) is 5.98. The molecule has 14 heavy (non-hydrogen) atoms. The molecular weight excluding hydrogens is 204 g/mol. The van der Waals surface area contributed by atoms with Crippen molar-refractivity contribution in [1.82, 2.24) is 0 Å². The van der Waals surface area contributed by atoms with Gasteiger partial charge >= 0.3 is 0 Å². The van der Waals surface area contributed by atoms with Gasteiger partial charge in [0.05, 0.1) is 18.3 Å². The highest BCUT2D eigenvalue weighted by molar-refractivity contribution is 7.99. The maximum atomic E-state index is 9.73. The summed E-state index contributed by atoms with van der Waals surface area (Å²) in [7, 11) is 1.56. The maximum Gasteiger partial charge on any atom is 0.107 e. The molecule has 84 valence electrons. The number of hydrogen-bond donors (Lipinski definition) is 3. The Bertz CT molecular complexity index is 166. The van der Waals surface area contributed by atoms with Crippen LogP contribution in [0.25, 0.3) is 0 Å². The highest BCUT2D eigenvalue weighted by atomic mass is 32.2. The Kier molecular flexibility index (Phi) is 4.66. The molecule has 0 radical (unpaired) electrons. The summed E-state index contributed by atoms with van der Waals surface area (Å²) in [5.74, 6) is -0.462. The lowest BCUT2D eigenvalue weighted by Gasteiger charge is -2.38. The number of aliphatic hydroxyl groups excluding tert-OH is 3. The Morgan fingerprint density at radius 3 is 2.14 bits per heavy atom. The van der Waals surface area contributed by atoms with Crippen molar-refractivity contribution in [2.45, 2.75) is 36.6 Å². The van der Waals surface area contributed by atoms with E-state index in [9.17, 15) is 15.3 Å². The first kappa shape index (κ1) is 12.3. The Balaban J connectivity index is 2.60. The van der Waals surface area contributed by atoms with Crippen molar-refractivity contribution in [3.05, 3.63) is 0 Å². The molecule has 0 aromatic rings. The fraction of sp³-hybridized carbons (Fsp3) is 1.00. The van der Waals surface area contributed by atoms with Crippen LogP contribution in [0.1, 0.15) is 12.8 Å². The summed E-state index contributed by atoms with van der Waals surface area (Å²) in [6, 6.07) is 0. The zero-order valence-electron chi connectivity index (χ0n) is 8.46. The zero-order valence-corrected chi connectivity index (χ0v) is 9.28. The van der Waals surface area contributed by atoms with E-state index in [2.05, 4.69) is 0 Å². The first-order valence-electron chi connectivity index (χ1n) is 4.70. The van der Waals surface area contributed by atoms with E-state index < -0.39 is 23.6 Å². The van der Waals surface area contributed by atoms with Gasteiger partial charge in [-0.2, -0.15) is 0 Å². The van der Waals surface area contributed by atoms with E-state index in [1.807, 2.05) is 0 Å². The third-order valence-corrected chi connectivity index (χ3v) is 3.60. The minimum atomic E-state index is -0.710. The fourth-order valence-corrected chi connectivity index (χ4v) is 2.61. The SMILES string of the molecule is COC1CC(O)C(C(O)SC)C(O)C1. The summed E-state index contributed by atoms with van der Waals surface area (Å²) < 4.78 is 5.09. The second-order valence-electron chi connectivity index (χ2n) is 3.67. The molecule has 1 fully saturated rings. The molecule has 1 rings (SSSR count). The van der Waals surface area contributed by atoms with Crippen LogP contribution in [0.2, 0.25) is 0 Å². The van der Waals surface area contributed by atoms with E-state index in [0.29, 0.717) is 12.8 Å². The van der Waals surface area contributed by atoms with Crippen LogP contribution in [0, 0.1) is 5.92 Å². The van der Waals surface area contributed by atoms with E-state index in [4.69, 9.17) is 4.74 Å². The Hall–Kier alpha value is 0.190. The van der Waals surface area contributed by atoms with Crippen LogP contribution >= 0.6 is 11.8 Å². The molecule has 0 saturated heterocycles. The lowest BCUT2D eigenvalue weighted by molar-refractivity contribution is -0.103. The van der Waals surface area contributed by atoms with Crippen LogP contribution in [0.3, 0.4) is 0 Å². The summed E-state index contributed by atoms with van der Waals surface area (Å²) in [6.45, 7) is 0. The van der Waals surface area contributed by atoms with E-state index in [-0.39, 0.29) is 6.10 Å². The molecule has 0 amide bonds. The molecule has 0 aliphatic heterocycles. The summed E-state index contributed by atoms with van der Waals surface area (Å²) in [5, 5.41) is 29.0. The predicted octanol–water partition coefficient (Wildman–Crippen LogP) is -0.185. The highest BCUT2D eigenvalue weighted by Crippen LogP contribution is 2.32. The topological polar surface area (TPSA) is 69.9 Å². The van der Waals surface area contributed by atoms with Gasteiger partial charge in [0.15, 0.2) is 0 Å². The highest BCUT2D eigenvalue weighted by Gasteiger charge is 2.39. The molecular formula is C9H18O4S. The third kappa shape index (κ3) is 2.61. The van der Waals surface area contributed by atoms with Gasteiger partial charge in [-0.25, -0.2) is 0 Å². The molecule has 1 aliphatic carbocycles. The van der Waals surface area contributed by atoms with Gasteiger partial charge in [0.2, 0.25) is 0 Å². The van der Waals surface area contributed by atoms with Crippen LogP contribution in [0.5, 0.6) is 0 Å². The zero-order chi connectivity index (χ0) is 10.7. The van der Waals surface area contributed by atoms with Crippen LogP contribution in [-0.4, -0.2) is 52.4 Å². The van der Waals surface area contributed by atoms with Crippen molar-refractivity contribution in [3.8, 4) is 0 Å². The lowest BCUT2D eigenvalue weighted by Crippen LogP contribution is -2.47. The molecule has 0 heterocycles. The summed E-state index contributed by atoms with van der Waals surface area (Å²) in [6.07, 6.45) is 1.24. The van der Waals surface area contributed by atoms with Crippen LogP contribution in [0.4, 0.5) is 0 Å². The van der Waals surface area contributed by atoms with Crippen molar-refractivity contribution in [2.24, 2.45) is 5.92 Å². The number of rotatable bonds is 3. The average Bonchev–Trinajstić information content (AvgIpc) is 2.16. The standard InChI is InChI=1S/C9H18O4S/c1-13-5-3-6(10)8(7(11)4-5)9(12)14-2/h5-12H,3-4H2,1-2H3. The Labute approximate surface area is 88.3 Å². The Morgan fingerprint density at radius 2 is 1.79 bits per heavy atom. The third-order valence-electron chi connectivity index (χ3n) is 2.80. The molecule has 3 atom stereocenters. The molecule has 5 heteroatoms. The molecule has 3 unspecified atom stereocenters. The number of hydrogen-bond acceptors (Lipinski definition) is 5. The predicted molar refractivity (Wildman–Crippen MR) is 55.1 cm³/mol. The van der Waals surface area contributed by atoms with E-state index in [1.54, 1.807) is 13.4 Å². The lowest BCUT2D eigenvalue weighted by atomic mass is 9.82. The van der Waals surface area contributed by atoms with Gasteiger partial charge < -0.3 is 20.1 Å². The van der Waals surface area contributed by atoms with Crippen molar-refractivity contribution in [1.29, 1.82) is 0 Å². The molecule has 4 nitrogen and oxygen atoms in total. The average molecular weight is 222 g/mol. The molecule has 0 aromatic carbocycles. The van der Waals surface area contributed by atoms with Gasteiger partial charge in [-0.3, -0.25) is 0 Å². The quantitative estimate of drug-likeness (QED) is 0.578. The second-order valence-corrected chi connectivity index (χ2v) is 4.62. The molecule has 0 spiro atoms. The van der Waals surface area contributed by atoms with Crippen molar-refractivity contribution in [3.63, 3.8) is 0 Å². The largest absolute Gasteiger partial charge is 0.392 e. The van der Waals surface area contributed by atoms with Gasteiger partial charge in [-0.05, 0) is 6.26 Å². The fourth-order valence-electron chi connectivity index (χ4n) is 1.94. The number of aliphatic hydroxyl groups is 3. The van der Waals surface area contributed by atoms with Crippen molar-refractivity contribution >= 4 is 11.8 Å². The van der Waals surface area contributed by atoms with Crippen molar-refractivity contribution < 1.29 is 20.1 Å². The summed E-state index contributed by atoms with van der Waals surface area (Å²) in [5.41, 5.74) is -0.710. The normalized spacial score (nSPS) is 40.9.